The van der Waals surface area contributed by atoms with E-state index in [1.54, 1.807) is 12.1 Å². The summed E-state index contributed by atoms with van der Waals surface area (Å²) in [4.78, 5) is 0. The summed E-state index contributed by atoms with van der Waals surface area (Å²) < 4.78 is 2.00. The molecule has 0 aliphatic heterocycles. The van der Waals surface area contributed by atoms with E-state index in [-0.39, 0.29) is 22.3 Å². The van der Waals surface area contributed by atoms with Crippen LogP contribution in [-0.4, -0.2) is 29.0 Å². The summed E-state index contributed by atoms with van der Waals surface area (Å²) in [6.07, 6.45) is 0. The summed E-state index contributed by atoms with van der Waals surface area (Å²) in [5.74, 6) is 0.432. The highest BCUT2D eigenvalue weighted by Gasteiger charge is 2.31. The number of benzene rings is 2. The van der Waals surface area contributed by atoms with Gasteiger partial charge in [-0.05, 0) is 49.2 Å². The van der Waals surface area contributed by atoms with Crippen LogP contribution < -0.4 is 10.6 Å². The summed E-state index contributed by atoms with van der Waals surface area (Å²) >= 11 is 12.9. The molecule has 28 heavy (non-hydrogen) atoms. The highest BCUT2D eigenvalue weighted by atomic mass is 35.5. The first-order valence-electron chi connectivity index (χ1n) is 9.18. The Morgan fingerprint density at radius 3 is 1.29 bits per heavy atom. The number of nitrogens with zero attached hydrogens (tertiary/aromatic N) is 1. The van der Waals surface area contributed by atoms with E-state index in [2.05, 4.69) is 0 Å². The number of hydrogen-bond acceptors (Lipinski definition) is 3. The number of rotatable bonds is 3. The Hall–Kier alpha value is -0.990. The molecule has 0 fully saturated rings. The average Bonchev–Trinajstić information content (AvgIpc) is 2.51. The molecule has 2 aromatic rings. The van der Waals surface area contributed by atoms with Crippen LogP contribution >= 0.6 is 31.3 Å². The Bertz CT molecular complexity index is 814. The normalized spacial score (nSPS) is 12.9. The zero-order valence-electron chi connectivity index (χ0n) is 17.9. The van der Waals surface area contributed by atoms with Crippen LogP contribution in [0.4, 0.5) is 0 Å². The Balaban J connectivity index is 2.84. The average molecular weight is 442 g/mol. The SMILES string of the molecule is CN(C)P(c1cc(Cl)cc(C(C)(C)C)c1O)c1cc(Cl)cc(C(C)(C)C)c1O. The van der Waals surface area contributed by atoms with Crippen molar-refractivity contribution in [1.29, 1.82) is 0 Å². The van der Waals surface area contributed by atoms with E-state index in [0.29, 0.717) is 20.7 Å². The van der Waals surface area contributed by atoms with Gasteiger partial charge in [-0.25, -0.2) is 0 Å². The topological polar surface area (TPSA) is 43.7 Å². The zero-order valence-corrected chi connectivity index (χ0v) is 20.3. The van der Waals surface area contributed by atoms with Gasteiger partial charge in [0.2, 0.25) is 0 Å². The van der Waals surface area contributed by atoms with Gasteiger partial charge in [0.25, 0.3) is 0 Å². The molecule has 3 nitrogen and oxygen atoms in total. The lowest BCUT2D eigenvalue weighted by Gasteiger charge is -2.31. The van der Waals surface area contributed by atoms with E-state index in [9.17, 15) is 10.2 Å². The highest BCUT2D eigenvalue weighted by Crippen LogP contribution is 2.47. The molecule has 0 heterocycles. The number of aromatic hydroxyl groups is 2. The van der Waals surface area contributed by atoms with Gasteiger partial charge in [-0.15, -0.1) is 0 Å². The molecule has 0 unspecified atom stereocenters. The molecule has 2 aromatic carbocycles. The molecule has 0 aliphatic rings. The van der Waals surface area contributed by atoms with Gasteiger partial charge >= 0.3 is 0 Å². The van der Waals surface area contributed by atoms with Crippen LogP contribution in [0.5, 0.6) is 11.5 Å². The number of halogens is 2. The van der Waals surface area contributed by atoms with Crippen LogP contribution in [0.3, 0.4) is 0 Å². The predicted molar refractivity (Wildman–Crippen MR) is 124 cm³/mol. The fourth-order valence-electron chi connectivity index (χ4n) is 3.20. The van der Waals surface area contributed by atoms with Crippen LogP contribution in [0.2, 0.25) is 10.0 Å². The second-order valence-corrected chi connectivity index (χ2v) is 12.6. The third-order valence-electron chi connectivity index (χ3n) is 4.58. The van der Waals surface area contributed by atoms with E-state index >= 15 is 0 Å². The maximum absolute atomic E-state index is 11.1. The highest BCUT2D eigenvalue weighted by molar-refractivity contribution is 7.71. The fraction of sp³-hybridized carbons (Fsp3) is 0.455. The quantitative estimate of drug-likeness (QED) is 0.581. The monoisotopic (exact) mass is 441 g/mol. The Labute approximate surface area is 180 Å². The van der Waals surface area contributed by atoms with Crippen molar-refractivity contribution in [3.05, 3.63) is 45.4 Å². The molecule has 0 amide bonds. The maximum atomic E-state index is 11.1. The summed E-state index contributed by atoms with van der Waals surface area (Å²) in [5, 5.41) is 24.8. The van der Waals surface area contributed by atoms with Crippen molar-refractivity contribution in [2.45, 2.75) is 52.4 Å². The molecule has 0 saturated heterocycles. The maximum Gasteiger partial charge on any atom is 0.128 e. The van der Waals surface area contributed by atoms with E-state index in [4.69, 9.17) is 23.2 Å². The Morgan fingerprint density at radius 2 is 1.04 bits per heavy atom. The largest absolute Gasteiger partial charge is 0.507 e. The van der Waals surface area contributed by atoms with Gasteiger partial charge in [-0.2, -0.15) is 0 Å². The van der Waals surface area contributed by atoms with E-state index in [1.165, 1.54) is 0 Å². The molecule has 0 aromatic heterocycles. The number of phenols is 2. The van der Waals surface area contributed by atoms with Crippen molar-refractivity contribution in [2.24, 2.45) is 0 Å². The zero-order chi connectivity index (χ0) is 21.6. The minimum absolute atomic E-state index is 0.216. The van der Waals surface area contributed by atoms with E-state index in [0.717, 1.165) is 11.1 Å². The number of hydrogen-bond donors (Lipinski definition) is 2. The molecule has 2 N–H and O–H groups in total. The van der Waals surface area contributed by atoms with Crippen molar-refractivity contribution in [3.63, 3.8) is 0 Å². The predicted octanol–water partition coefficient (Wildman–Crippen LogP) is 5.91. The summed E-state index contributed by atoms with van der Waals surface area (Å²) in [5.41, 5.74) is 1.01. The lowest BCUT2D eigenvalue weighted by atomic mass is 9.86. The van der Waals surface area contributed by atoms with Gasteiger partial charge in [0.05, 0.1) is 0 Å². The van der Waals surface area contributed by atoms with E-state index < -0.39 is 8.07 Å². The van der Waals surface area contributed by atoms with Crippen LogP contribution in [-0.2, 0) is 10.8 Å². The molecular weight excluding hydrogens is 412 g/mol. The fourth-order valence-corrected chi connectivity index (χ4v) is 6.07. The number of phenolic OH excluding ortho intramolecular Hbond substituents is 2. The van der Waals surface area contributed by atoms with Crippen LogP contribution in [0, 0.1) is 0 Å². The lowest BCUT2D eigenvalue weighted by molar-refractivity contribution is 0.449. The standard InChI is InChI=1S/C22H30Cl2NO2P/c1-21(2,3)15-9-13(23)11-17(19(15)26)28(25(7)8)18-12-14(24)10-16(20(18)27)22(4,5)6/h9-12,26-27H,1-8H3. The first kappa shape index (κ1) is 23.3. The van der Waals surface area contributed by atoms with Crippen molar-refractivity contribution in [1.82, 2.24) is 4.67 Å². The van der Waals surface area contributed by atoms with Crippen LogP contribution in [0.25, 0.3) is 0 Å². The lowest BCUT2D eigenvalue weighted by Crippen LogP contribution is -2.26. The minimum Gasteiger partial charge on any atom is -0.507 e. The molecule has 0 atom stereocenters. The molecule has 6 heteroatoms. The third-order valence-corrected chi connectivity index (χ3v) is 7.41. The summed E-state index contributed by atoms with van der Waals surface area (Å²) in [6.45, 7) is 12.2. The Kier molecular flexibility index (Phi) is 6.68. The smallest absolute Gasteiger partial charge is 0.128 e. The Morgan fingerprint density at radius 1 is 0.714 bits per heavy atom. The third kappa shape index (κ3) is 4.76. The van der Waals surface area contributed by atoms with Crippen LogP contribution in [0.1, 0.15) is 52.7 Å². The van der Waals surface area contributed by atoms with Gasteiger partial charge in [0.15, 0.2) is 0 Å². The van der Waals surface area contributed by atoms with Gasteiger partial charge in [-0.1, -0.05) is 64.7 Å². The van der Waals surface area contributed by atoms with E-state index in [1.807, 2.05) is 72.4 Å². The molecule has 0 radical (unpaired) electrons. The van der Waals surface area contributed by atoms with Gasteiger partial charge in [0.1, 0.15) is 11.5 Å². The van der Waals surface area contributed by atoms with Gasteiger partial charge in [0, 0.05) is 39.9 Å². The second-order valence-electron chi connectivity index (χ2n) is 9.30. The molecule has 0 bridgehead atoms. The van der Waals surface area contributed by atoms with Gasteiger partial charge in [-0.3, -0.25) is 4.67 Å². The van der Waals surface area contributed by atoms with Gasteiger partial charge < -0.3 is 10.2 Å². The second kappa shape index (κ2) is 8.03. The van der Waals surface area contributed by atoms with Crippen LogP contribution in [0.15, 0.2) is 24.3 Å². The summed E-state index contributed by atoms with van der Waals surface area (Å²) in [6, 6.07) is 7.19. The molecule has 2 rings (SSSR count). The van der Waals surface area contributed by atoms with Crippen molar-refractivity contribution in [3.8, 4) is 11.5 Å². The molecule has 154 valence electrons. The molecule has 0 spiro atoms. The first-order valence-corrected chi connectivity index (χ1v) is 11.2. The molecule has 0 aliphatic carbocycles. The first-order chi connectivity index (χ1) is 12.6. The minimum atomic E-state index is -1.25. The van der Waals surface area contributed by atoms with Crippen molar-refractivity contribution in [2.75, 3.05) is 14.1 Å². The summed E-state index contributed by atoms with van der Waals surface area (Å²) in [7, 11) is 2.61. The molecule has 0 saturated carbocycles. The van der Waals surface area contributed by atoms with Crippen molar-refractivity contribution >= 4 is 41.9 Å². The molecular formula is C22H30Cl2NO2P. The van der Waals surface area contributed by atoms with Crippen molar-refractivity contribution < 1.29 is 10.2 Å².